The number of hydrogen-bond acceptors (Lipinski definition) is 5. The fourth-order valence-corrected chi connectivity index (χ4v) is 4.14. The van der Waals surface area contributed by atoms with Gasteiger partial charge in [-0.2, -0.15) is 5.10 Å². The molecule has 2 aliphatic heterocycles. The minimum absolute atomic E-state index is 0.0187. The second-order valence-electron chi connectivity index (χ2n) is 7.60. The summed E-state index contributed by atoms with van der Waals surface area (Å²) in [6.45, 7) is 4.35. The summed E-state index contributed by atoms with van der Waals surface area (Å²) in [5, 5.41) is 8.23. The van der Waals surface area contributed by atoms with Gasteiger partial charge in [-0.1, -0.05) is 0 Å². The number of fused-ring (bicyclic) bond motifs is 2. The van der Waals surface area contributed by atoms with Crippen molar-refractivity contribution >= 4 is 22.6 Å². The van der Waals surface area contributed by atoms with E-state index in [2.05, 4.69) is 27.4 Å². The molecule has 28 heavy (non-hydrogen) atoms. The number of carbonyl (C=O) groups excluding carboxylic acids is 1. The molecule has 1 fully saturated rings. The van der Waals surface area contributed by atoms with E-state index in [1.54, 1.807) is 0 Å². The van der Waals surface area contributed by atoms with Gasteiger partial charge in [0.05, 0.1) is 29.5 Å². The van der Waals surface area contributed by atoms with Crippen molar-refractivity contribution in [2.75, 3.05) is 18.0 Å². The van der Waals surface area contributed by atoms with Crippen LogP contribution < -0.4 is 15.0 Å². The highest BCUT2D eigenvalue weighted by Crippen LogP contribution is 2.28. The van der Waals surface area contributed by atoms with E-state index in [1.807, 2.05) is 37.0 Å². The summed E-state index contributed by atoms with van der Waals surface area (Å²) in [6.07, 6.45) is 3.96. The van der Waals surface area contributed by atoms with Crippen molar-refractivity contribution in [2.24, 2.45) is 7.05 Å². The normalized spacial score (nSPS) is 17.1. The predicted octanol–water partition coefficient (Wildman–Crippen LogP) is 2.57. The van der Waals surface area contributed by atoms with Crippen molar-refractivity contribution in [3.63, 3.8) is 0 Å². The first-order valence-corrected chi connectivity index (χ1v) is 9.70. The highest BCUT2D eigenvalue weighted by molar-refractivity contribution is 5.98. The van der Waals surface area contributed by atoms with Crippen molar-refractivity contribution in [3.05, 3.63) is 47.3 Å². The van der Waals surface area contributed by atoms with Gasteiger partial charge < -0.3 is 15.0 Å². The molecule has 0 saturated carbocycles. The summed E-state index contributed by atoms with van der Waals surface area (Å²) < 4.78 is 8.10. The van der Waals surface area contributed by atoms with E-state index < -0.39 is 0 Å². The molecule has 7 heteroatoms. The van der Waals surface area contributed by atoms with Gasteiger partial charge in [0, 0.05) is 38.4 Å². The Morgan fingerprint density at radius 2 is 2.04 bits per heavy atom. The Bertz CT molecular complexity index is 1070. The van der Waals surface area contributed by atoms with E-state index in [1.165, 1.54) is 0 Å². The molecule has 4 heterocycles. The van der Waals surface area contributed by atoms with Gasteiger partial charge in [-0.15, -0.1) is 0 Å². The molecule has 5 rings (SSSR count). The highest BCUT2D eigenvalue weighted by Gasteiger charge is 2.26. The maximum atomic E-state index is 11.8. The summed E-state index contributed by atoms with van der Waals surface area (Å²) >= 11 is 0. The van der Waals surface area contributed by atoms with Gasteiger partial charge >= 0.3 is 0 Å². The largest absolute Gasteiger partial charge is 0.490 e. The first kappa shape index (κ1) is 17.0. The number of nitrogens with zero attached hydrogens (tertiary/aromatic N) is 4. The monoisotopic (exact) mass is 377 g/mol. The summed E-state index contributed by atoms with van der Waals surface area (Å²) in [6, 6.07) is 8.10. The number of ether oxygens (including phenoxy) is 1. The lowest BCUT2D eigenvalue weighted by atomic mass is 10.1. The number of amides is 1. The van der Waals surface area contributed by atoms with Crippen LogP contribution >= 0.6 is 0 Å². The van der Waals surface area contributed by atoms with Gasteiger partial charge in [0.25, 0.3) is 5.91 Å². The molecule has 0 unspecified atom stereocenters. The van der Waals surface area contributed by atoms with Crippen molar-refractivity contribution in [2.45, 2.75) is 32.4 Å². The molecule has 0 aliphatic carbocycles. The van der Waals surface area contributed by atoms with Crippen LogP contribution in [0.1, 0.15) is 34.5 Å². The molecule has 0 atom stereocenters. The molecule has 0 spiro atoms. The number of piperidine rings is 1. The van der Waals surface area contributed by atoms with Crippen molar-refractivity contribution in [3.8, 4) is 5.75 Å². The lowest BCUT2D eigenvalue weighted by molar-refractivity contribution is 0.0965. The SMILES string of the molecule is Cc1cc2c(nc1N1CCC(Oc3ccc4c(cnn4C)c3)CC1)CNC2=O. The Balaban J connectivity index is 1.27. The zero-order valence-electron chi connectivity index (χ0n) is 16.1. The van der Waals surface area contributed by atoms with Crippen LogP contribution in [0.15, 0.2) is 30.5 Å². The number of rotatable bonds is 3. The molecule has 1 N–H and O–H groups in total. The maximum Gasteiger partial charge on any atom is 0.253 e. The average molecular weight is 377 g/mol. The average Bonchev–Trinajstić information content (AvgIpc) is 3.25. The third kappa shape index (κ3) is 2.87. The van der Waals surface area contributed by atoms with Crippen LogP contribution in [0.25, 0.3) is 10.9 Å². The van der Waals surface area contributed by atoms with Crippen molar-refractivity contribution < 1.29 is 9.53 Å². The van der Waals surface area contributed by atoms with Gasteiger partial charge in [-0.05, 0) is 36.8 Å². The number of anilines is 1. The van der Waals surface area contributed by atoms with Crippen LogP contribution in [0.5, 0.6) is 5.75 Å². The summed E-state index contributed by atoms with van der Waals surface area (Å²) in [5.41, 5.74) is 3.73. The van der Waals surface area contributed by atoms with Crippen LogP contribution in [-0.4, -0.2) is 39.9 Å². The summed E-state index contributed by atoms with van der Waals surface area (Å²) in [7, 11) is 1.94. The quantitative estimate of drug-likeness (QED) is 0.760. The first-order valence-electron chi connectivity index (χ1n) is 9.70. The molecule has 7 nitrogen and oxygen atoms in total. The third-order valence-electron chi connectivity index (χ3n) is 5.69. The van der Waals surface area contributed by atoms with Crippen molar-refractivity contribution in [1.29, 1.82) is 0 Å². The zero-order chi connectivity index (χ0) is 19.3. The first-order chi connectivity index (χ1) is 13.6. The second-order valence-corrected chi connectivity index (χ2v) is 7.60. The number of aryl methyl sites for hydroxylation is 2. The Morgan fingerprint density at radius 3 is 2.86 bits per heavy atom. The lowest BCUT2D eigenvalue weighted by Gasteiger charge is -2.34. The van der Waals surface area contributed by atoms with Gasteiger partial charge in [0.1, 0.15) is 17.7 Å². The number of carbonyl (C=O) groups is 1. The fraction of sp³-hybridized carbons (Fsp3) is 0.381. The topological polar surface area (TPSA) is 72.3 Å². The van der Waals surface area contributed by atoms with E-state index in [9.17, 15) is 4.79 Å². The van der Waals surface area contributed by atoms with E-state index in [0.29, 0.717) is 12.1 Å². The molecule has 0 bridgehead atoms. The fourth-order valence-electron chi connectivity index (χ4n) is 4.14. The molecule has 1 aromatic carbocycles. The van der Waals surface area contributed by atoms with Crippen LogP contribution in [0.2, 0.25) is 0 Å². The van der Waals surface area contributed by atoms with E-state index in [-0.39, 0.29) is 12.0 Å². The second kappa shape index (κ2) is 6.51. The molecule has 2 aromatic heterocycles. The maximum absolute atomic E-state index is 11.8. The van der Waals surface area contributed by atoms with Crippen LogP contribution in [-0.2, 0) is 13.6 Å². The Hall–Kier alpha value is -3.09. The number of aromatic nitrogens is 3. The van der Waals surface area contributed by atoms with E-state index >= 15 is 0 Å². The van der Waals surface area contributed by atoms with E-state index in [4.69, 9.17) is 9.72 Å². The smallest absolute Gasteiger partial charge is 0.253 e. The lowest BCUT2D eigenvalue weighted by Crippen LogP contribution is -2.39. The third-order valence-corrected chi connectivity index (χ3v) is 5.69. The Labute approximate surface area is 163 Å². The number of benzene rings is 1. The zero-order valence-corrected chi connectivity index (χ0v) is 16.1. The molecule has 3 aromatic rings. The minimum atomic E-state index is -0.0187. The summed E-state index contributed by atoms with van der Waals surface area (Å²) in [4.78, 5) is 18.9. The highest BCUT2D eigenvalue weighted by atomic mass is 16.5. The predicted molar refractivity (Wildman–Crippen MR) is 107 cm³/mol. The van der Waals surface area contributed by atoms with Gasteiger partial charge in [0.2, 0.25) is 0 Å². The van der Waals surface area contributed by atoms with Gasteiger partial charge in [0.15, 0.2) is 0 Å². The molecule has 0 radical (unpaired) electrons. The molecular formula is C21H23N5O2. The van der Waals surface area contributed by atoms with Gasteiger partial charge in [-0.25, -0.2) is 4.98 Å². The molecular weight excluding hydrogens is 354 g/mol. The summed E-state index contributed by atoms with van der Waals surface area (Å²) in [5.74, 6) is 1.87. The number of hydrogen-bond donors (Lipinski definition) is 1. The standard InChI is InChI=1S/C21H23N5O2/c1-13-9-17-18(12-22-21(17)27)24-20(13)26-7-5-15(6-8-26)28-16-3-4-19-14(10-16)11-23-25(19)2/h3-4,9-11,15H,5-8,12H2,1-2H3,(H,22,27). The van der Waals surface area contributed by atoms with Crippen LogP contribution in [0.3, 0.4) is 0 Å². The Kier molecular flexibility index (Phi) is 3.96. The van der Waals surface area contributed by atoms with Crippen LogP contribution in [0.4, 0.5) is 5.82 Å². The Morgan fingerprint density at radius 1 is 1.21 bits per heavy atom. The van der Waals surface area contributed by atoms with Gasteiger partial charge in [-0.3, -0.25) is 9.48 Å². The molecule has 144 valence electrons. The molecule has 1 amide bonds. The molecule has 1 saturated heterocycles. The molecule has 2 aliphatic rings. The minimum Gasteiger partial charge on any atom is -0.490 e. The number of nitrogens with one attached hydrogen (secondary N) is 1. The van der Waals surface area contributed by atoms with Crippen LogP contribution in [0, 0.1) is 6.92 Å². The van der Waals surface area contributed by atoms with E-state index in [0.717, 1.165) is 59.7 Å². The van der Waals surface area contributed by atoms with Crippen molar-refractivity contribution in [1.82, 2.24) is 20.1 Å². The number of pyridine rings is 1.